The predicted molar refractivity (Wildman–Crippen MR) is 67.3 cm³/mol. The summed E-state index contributed by atoms with van der Waals surface area (Å²) in [6, 6.07) is 9.28. The summed E-state index contributed by atoms with van der Waals surface area (Å²) in [7, 11) is 0. The van der Waals surface area contributed by atoms with Gasteiger partial charge in [-0.15, -0.1) is 0 Å². The van der Waals surface area contributed by atoms with Gasteiger partial charge in [-0.1, -0.05) is 44.2 Å². The molecule has 0 heterocycles. The minimum absolute atomic E-state index is 0.0349. The number of hydrogen-bond acceptors (Lipinski definition) is 1. The van der Waals surface area contributed by atoms with Crippen LogP contribution in [0.25, 0.3) is 0 Å². The quantitative estimate of drug-likeness (QED) is 0.772. The van der Waals surface area contributed by atoms with Crippen molar-refractivity contribution in [3.05, 3.63) is 48.0 Å². The standard InChI is InChI=1S/C14H19NO/c1-10(2)13(11(3)4)15-14(16)12-8-6-5-7-9-12/h5-9,11,13H,1H2,2-4H3,(H,15,16). The molecule has 2 nitrogen and oxygen atoms in total. The lowest BCUT2D eigenvalue weighted by Crippen LogP contribution is -2.39. The number of rotatable bonds is 4. The van der Waals surface area contributed by atoms with Crippen LogP contribution in [0.5, 0.6) is 0 Å². The molecule has 0 aliphatic heterocycles. The fourth-order valence-corrected chi connectivity index (χ4v) is 1.67. The van der Waals surface area contributed by atoms with Gasteiger partial charge in [0.2, 0.25) is 0 Å². The molecule has 1 N–H and O–H groups in total. The van der Waals surface area contributed by atoms with Crippen molar-refractivity contribution in [3.8, 4) is 0 Å². The highest BCUT2D eigenvalue weighted by molar-refractivity contribution is 5.94. The molecule has 2 heteroatoms. The molecule has 1 unspecified atom stereocenters. The third kappa shape index (κ3) is 3.23. The van der Waals surface area contributed by atoms with E-state index in [1.54, 1.807) is 0 Å². The molecule has 1 amide bonds. The van der Waals surface area contributed by atoms with E-state index in [0.29, 0.717) is 11.5 Å². The van der Waals surface area contributed by atoms with Crippen LogP contribution in [0.3, 0.4) is 0 Å². The molecule has 0 saturated carbocycles. The first-order chi connectivity index (χ1) is 7.52. The molecule has 1 aromatic carbocycles. The summed E-state index contributed by atoms with van der Waals surface area (Å²) in [6.07, 6.45) is 0. The fraction of sp³-hybridized carbons (Fsp3) is 0.357. The summed E-state index contributed by atoms with van der Waals surface area (Å²) >= 11 is 0. The van der Waals surface area contributed by atoms with Crippen LogP contribution >= 0.6 is 0 Å². The Balaban J connectivity index is 2.74. The number of amides is 1. The Kier molecular flexibility index (Phi) is 4.29. The second-order valence-corrected chi connectivity index (χ2v) is 4.41. The van der Waals surface area contributed by atoms with E-state index in [1.807, 2.05) is 37.3 Å². The summed E-state index contributed by atoms with van der Waals surface area (Å²) in [5.41, 5.74) is 1.67. The van der Waals surface area contributed by atoms with Crippen molar-refractivity contribution in [2.24, 2.45) is 5.92 Å². The van der Waals surface area contributed by atoms with Crippen molar-refractivity contribution in [1.82, 2.24) is 5.32 Å². The SMILES string of the molecule is C=C(C)C(NC(=O)c1ccccc1)C(C)C. The molecule has 1 aromatic rings. The maximum Gasteiger partial charge on any atom is 0.251 e. The van der Waals surface area contributed by atoms with Crippen molar-refractivity contribution < 1.29 is 4.79 Å². The lowest BCUT2D eigenvalue weighted by Gasteiger charge is -2.22. The molecule has 1 rings (SSSR count). The number of carbonyl (C=O) groups is 1. The lowest BCUT2D eigenvalue weighted by molar-refractivity contribution is 0.0934. The van der Waals surface area contributed by atoms with Crippen LogP contribution in [0.15, 0.2) is 42.5 Å². The molecule has 0 radical (unpaired) electrons. The highest BCUT2D eigenvalue weighted by Gasteiger charge is 2.17. The zero-order valence-electron chi connectivity index (χ0n) is 10.2. The highest BCUT2D eigenvalue weighted by Crippen LogP contribution is 2.11. The van der Waals surface area contributed by atoms with Gasteiger partial charge < -0.3 is 5.32 Å². The van der Waals surface area contributed by atoms with E-state index in [0.717, 1.165) is 5.57 Å². The van der Waals surface area contributed by atoms with E-state index in [1.165, 1.54) is 0 Å². The highest BCUT2D eigenvalue weighted by atomic mass is 16.1. The maximum absolute atomic E-state index is 11.9. The Hall–Kier alpha value is -1.57. The monoisotopic (exact) mass is 217 g/mol. The smallest absolute Gasteiger partial charge is 0.251 e. The van der Waals surface area contributed by atoms with Crippen LogP contribution in [0, 0.1) is 5.92 Å². The maximum atomic E-state index is 11.9. The van der Waals surface area contributed by atoms with Crippen LogP contribution in [0.1, 0.15) is 31.1 Å². The number of hydrogen-bond donors (Lipinski definition) is 1. The van der Waals surface area contributed by atoms with E-state index in [2.05, 4.69) is 25.7 Å². The summed E-state index contributed by atoms with van der Waals surface area (Å²) < 4.78 is 0. The summed E-state index contributed by atoms with van der Waals surface area (Å²) in [6.45, 7) is 10.00. The van der Waals surface area contributed by atoms with Crippen LogP contribution in [-0.4, -0.2) is 11.9 Å². The van der Waals surface area contributed by atoms with Crippen molar-refractivity contribution in [2.75, 3.05) is 0 Å². The molecule has 0 bridgehead atoms. The van der Waals surface area contributed by atoms with Gasteiger partial charge in [0.15, 0.2) is 0 Å². The van der Waals surface area contributed by atoms with E-state index >= 15 is 0 Å². The van der Waals surface area contributed by atoms with E-state index in [-0.39, 0.29) is 11.9 Å². The van der Waals surface area contributed by atoms with Crippen molar-refractivity contribution in [1.29, 1.82) is 0 Å². The first-order valence-electron chi connectivity index (χ1n) is 5.53. The van der Waals surface area contributed by atoms with Crippen molar-refractivity contribution in [2.45, 2.75) is 26.8 Å². The van der Waals surface area contributed by atoms with Gasteiger partial charge in [-0.3, -0.25) is 4.79 Å². The molecular weight excluding hydrogens is 198 g/mol. The van der Waals surface area contributed by atoms with Gasteiger partial charge in [0.25, 0.3) is 5.91 Å². The number of nitrogens with one attached hydrogen (secondary N) is 1. The van der Waals surface area contributed by atoms with Crippen molar-refractivity contribution in [3.63, 3.8) is 0 Å². The zero-order chi connectivity index (χ0) is 12.1. The molecule has 0 aliphatic carbocycles. The number of carbonyl (C=O) groups excluding carboxylic acids is 1. The molecule has 0 aliphatic rings. The first-order valence-corrected chi connectivity index (χ1v) is 5.53. The van der Waals surface area contributed by atoms with Crippen LogP contribution < -0.4 is 5.32 Å². The molecule has 0 aromatic heterocycles. The fourth-order valence-electron chi connectivity index (χ4n) is 1.67. The van der Waals surface area contributed by atoms with Crippen LogP contribution in [0.2, 0.25) is 0 Å². The summed E-state index contributed by atoms with van der Waals surface area (Å²) in [4.78, 5) is 11.9. The van der Waals surface area contributed by atoms with Crippen molar-refractivity contribution >= 4 is 5.91 Å². The molecule has 0 saturated heterocycles. The molecule has 0 fully saturated rings. The van der Waals surface area contributed by atoms with Gasteiger partial charge in [0.1, 0.15) is 0 Å². The van der Waals surface area contributed by atoms with Gasteiger partial charge in [-0.05, 0) is 25.0 Å². The Morgan fingerprint density at radius 3 is 2.25 bits per heavy atom. The largest absolute Gasteiger partial charge is 0.345 e. The van der Waals surface area contributed by atoms with Gasteiger partial charge in [-0.2, -0.15) is 0 Å². The van der Waals surface area contributed by atoms with Gasteiger partial charge in [0.05, 0.1) is 6.04 Å². The van der Waals surface area contributed by atoms with Gasteiger partial charge >= 0.3 is 0 Å². The topological polar surface area (TPSA) is 29.1 Å². The average molecular weight is 217 g/mol. The third-order valence-electron chi connectivity index (χ3n) is 2.52. The average Bonchev–Trinajstić information content (AvgIpc) is 2.25. The normalized spacial score (nSPS) is 12.2. The minimum atomic E-state index is -0.0395. The molecule has 86 valence electrons. The van der Waals surface area contributed by atoms with E-state index < -0.39 is 0 Å². The predicted octanol–water partition coefficient (Wildman–Crippen LogP) is 3.02. The molecule has 1 atom stereocenters. The second-order valence-electron chi connectivity index (χ2n) is 4.41. The van der Waals surface area contributed by atoms with Gasteiger partial charge in [0, 0.05) is 5.56 Å². The second kappa shape index (κ2) is 5.50. The lowest BCUT2D eigenvalue weighted by atomic mass is 9.98. The third-order valence-corrected chi connectivity index (χ3v) is 2.52. The minimum Gasteiger partial charge on any atom is -0.345 e. The van der Waals surface area contributed by atoms with Gasteiger partial charge in [-0.25, -0.2) is 0 Å². The summed E-state index contributed by atoms with van der Waals surface area (Å²) in [5, 5.41) is 2.99. The Morgan fingerprint density at radius 1 is 1.25 bits per heavy atom. The number of benzene rings is 1. The van der Waals surface area contributed by atoms with E-state index in [9.17, 15) is 4.79 Å². The zero-order valence-corrected chi connectivity index (χ0v) is 10.2. The molecule has 0 spiro atoms. The Bertz CT molecular complexity index is 368. The molecular formula is C14H19NO. The van der Waals surface area contributed by atoms with E-state index in [4.69, 9.17) is 0 Å². The van der Waals surface area contributed by atoms with Crippen LogP contribution in [0.4, 0.5) is 0 Å². The first kappa shape index (κ1) is 12.5. The Labute approximate surface area is 97.4 Å². The van der Waals surface area contributed by atoms with Crippen LogP contribution in [-0.2, 0) is 0 Å². The Morgan fingerprint density at radius 2 is 1.81 bits per heavy atom. The summed E-state index contributed by atoms with van der Waals surface area (Å²) in [5.74, 6) is 0.312. The molecule has 16 heavy (non-hydrogen) atoms.